The first-order valence-corrected chi connectivity index (χ1v) is 6.68. The number of rotatable bonds is 1. The molecular formula is C12H21F3N2O2. The summed E-state index contributed by atoms with van der Waals surface area (Å²) in [7, 11) is 0. The van der Waals surface area contributed by atoms with Crippen molar-refractivity contribution >= 4 is 5.97 Å². The number of aliphatic carboxylic acids is 1. The summed E-state index contributed by atoms with van der Waals surface area (Å²) in [4.78, 5) is 8.90. The van der Waals surface area contributed by atoms with Gasteiger partial charge >= 0.3 is 12.1 Å². The topological polar surface area (TPSA) is 61.4 Å². The van der Waals surface area contributed by atoms with Gasteiger partial charge in [-0.25, -0.2) is 4.79 Å². The maximum Gasteiger partial charge on any atom is 0.490 e. The lowest BCUT2D eigenvalue weighted by Gasteiger charge is -2.34. The Kier molecular flexibility index (Phi) is 6.57. The summed E-state index contributed by atoms with van der Waals surface area (Å²) in [6, 6.07) is 1.55. The first kappa shape index (κ1) is 16.2. The minimum Gasteiger partial charge on any atom is -0.475 e. The fourth-order valence-corrected chi connectivity index (χ4v) is 2.44. The number of hydrogen-bond donors (Lipinski definition) is 3. The summed E-state index contributed by atoms with van der Waals surface area (Å²) >= 11 is 0. The molecule has 0 aliphatic carbocycles. The zero-order chi connectivity index (χ0) is 14.3. The zero-order valence-corrected chi connectivity index (χ0v) is 10.8. The van der Waals surface area contributed by atoms with Crippen LogP contribution in [0.25, 0.3) is 0 Å². The Bertz CT molecular complexity index is 257. The van der Waals surface area contributed by atoms with Gasteiger partial charge < -0.3 is 15.7 Å². The largest absolute Gasteiger partial charge is 0.490 e. The van der Waals surface area contributed by atoms with Gasteiger partial charge in [-0.2, -0.15) is 13.2 Å². The molecule has 2 aliphatic heterocycles. The number of carboxylic acids is 1. The minimum atomic E-state index is -5.08. The standard InChI is InChI=1S/C10H20N2.C2HF3O2/c1-3-7-11-9(5-1)10-6-2-4-8-12-10;3-2(4,5)1(6)7/h9-12H,1-8H2;(H,6,7). The molecule has 2 unspecified atom stereocenters. The van der Waals surface area contributed by atoms with Crippen LogP contribution in [0.15, 0.2) is 0 Å². The van der Waals surface area contributed by atoms with Crippen molar-refractivity contribution in [2.75, 3.05) is 13.1 Å². The van der Waals surface area contributed by atoms with Crippen molar-refractivity contribution in [2.45, 2.75) is 56.8 Å². The van der Waals surface area contributed by atoms with E-state index in [1.165, 1.54) is 51.6 Å². The van der Waals surface area contributed by atoms with Gasteiger partial charge in [0.25, 0.3) is 0 Å². The number of halogens is 3. The summed E-state index contributed by atoms with van der Waals surface area (Å²) in [6.07, 6.45) is 3.30. The second kappa shape index (κ2) is 7.69. The molecule has 2 heterocycles. The second-order valence-corrected chi connectivity index (χ2v) is 4.92. The predicted octanol–water partition coefficient (Wildman–Crippen LogP) is 1.90. The molecule has 0 aromatic carbocycles. The number of piperidine rings is 2. The van der Waals surface area contributed by atoms with Crippen molar-refractivity contribution in [1.29, 1.82) is 0 Å². The van der Waals surface area contributed by atoms with Gasteiger partial charge in [0, 0.05) is 12.1 Å². The Hall–Kier alpha value is -0.820. The molecule has 0 aromatic heterocycles. The van der Waals surface area contributed by atoms with E-state index in [9.17, 15) is 13.2 Å². The van der Waals surface area contributed by atoms with Crippen LogP contribution in [0.2, 0.25) is 0 Å². The summed E-state index contributed by atoms with van der Waals surface area (Å²) in [5.74, 6) is -2.76. The molecule has 3 N–H and O–H groups in total. The molecule has 0 spiro atoms. The lowest BCUT2D eigenvalue weighted by molar-refractivity contribution is -0.192. The summed E-state index contributed by atoms with van der Waals surface area (Å²) < 4.78 is 31.7. The predicted molar refractivity (Wildman–Crippen MR) is 65.0 cm³/mol. The molecule has 7 heteroatoms. The molecular weight excluding hydrogens is 261 g/mol. The van der Waals surface area contributed by atoms with Crippen molar-refractivity contribution in [2.24, 2.45) is 0 Å². The molecule has 0 saturated carbocycles. The molecule has 2 rings (SSSR count). The van der Waals surface area contributed by atoms with Crippen LogP contribution in [-0.2, 0) is 4.79 Å². The van der Waals surface area contributed by atoms with Crippen molar-refractivity contribution in [3.8, 4) is 0 Å². The van der Waals surface area contributed by atoms with Crippen LogP contribution < -0.4 is 10.6 Å². The third-order valence-electron chi connectivity index (χ3n) is 3.43. The quantitative estimate of drug-likeness (QED) is 0.687. The fourth-order valence-electron chi connectivity index (χ4n) is 2.44. The van der Waals surface area contributed by atoms with Crippen LogP contribution in [0.4, 0.5) is 13.2 Å². The molecule has 2 fully saturated rings. The SMILES string of the molecule is C1CCC(C2CCCCN2)NC1.O=C(O)C(F)(F)F. The van der Waals surface area contributed by atoms with Crippen molar-refractivity contribution in [3.63, 3.8) is 0 Å². The van der Waals surface area contributed by atoms with E-state index < -0.39 is 12.1 Å². The van der Waals surface area contributed by atoms with Crippen LogP contribution in [0, 0.1) is 0 Å². The molecule has 2 aliphatic rings. The van der Waals surface area contributed by atoms with Crippen LogP contribution in [0.3, 0.4) is 0 Å². The van der Waals surface area contributed by atoms with Crippen LogP contribution in [0.5, 0.6) is 0 Å². The average Bonchev–Trinajstić information content (AvgIpc) is 2.40. The Morgan fingerprint density at radius 3 is 1.53 bits per heavy atom. The van der Waals surface area contributed by atoms with Gasteiger partial charge in [0.05, 0.1) is 0 Å². The van der Waals surface area contributed by atoms with E-state index in [-0.39, 0.29) is 0 Å². The average molecular weight is 282 g/mol. The second-order valence-electron chi connectivity index (χ2n) is 4.92. The fraction of sp³-hybridized carbons (Fsp3) is 0.917. The maximum absolute atomic E-state index is 10.6. The first-order chi connectivity index (χ1) is 8.91. The number of carboxylic acid groups (broad SMARTS) is 1. The molecule has 2 atom stereocenters. The van der Waals surface area contributed by atoms with Crippen molar-refractivity contribution in [1.82, 2.24) is 10.6 Å². The highest BCUT2D eigenvalue weighted by atomic mass is 19.4. The normalized spacial score (nSPS) is 28.2. The van der Waals surface area contributed by atoms with Crippen molar-refractivity contribution in [3.05, 3.63) is 0 Å². The zero-order valence-electron chi connectivity index (χ0n) is 10.8. The molecule has 0 radical (unpaired) electrons. The van der Waals surface area contributed by atoms with Crippen molar-refractivity contribution < 1.29 is 23.1 Å². The van der Waals surface area contributed by atoms with E-state index in [0.717, 1.165) is 12.1 Å². The monoisotopic (exact) mass is 282 g/mol. The third-order valence-corrected chi connectivity index (χ3v) is 3.43. The van der Waals surface area contributed by atoms with Crippen LogP contribution >= 0.6 is 0 Å². The van der Waals surface area contributed by atoms with Gasteiger partial charge in [0.1, 0.15) is 0 Å². The lowest BCUT2D eigenvalue weighted by atomic mass is 9.92. The van der Waals surface area contributed by atoms with E-state index in [2.05, 4.69) is 10.6 Å². The molecule has 0 amide bonds. The smallest absolute Gasteiger partial charge is 0.475 e. The molecule has 19 heavy (non-hydrogen) atoms. The van der Waals surface area contributed by atoms with Crippen LogP contribution in [-0.4, -0.2) is 42.4 Å². The van der Waals surface area contributed by atoms with Crippen LogP contribution in [0.1, 0.15) is 38.5 Å². The van der Waals surface area contributed by atoms with E-state index in [0.29, 0.717) is 0 Å². The van der Waals surface area contributed by atoms with E-state index in [1.807, 2.05) is 0 Å². The lowest BCUT2D eigenvalue weighted by Crippen LogP contribution is -2.51. The Morgan fingerprint density at radius 2 is 1.32 bits per heavy atom. The third kappa shape index (κ3) is 6.24. The van der Waals surface area contributed by atoms with E-state index in [4.69, 9.17) is 9.90 Å². The number of carbonyl (C=O) groups is 1. The number of nitrogens with one attached hydrogen (secondary N) is 2. The molecule has 0 bridgehead atoms. The highest BCUT2D eigenvalue weighted by Crippen LogP contribution is 2.17. The molecule has 112 valence electrons. The molecule has 2 saturated heterocycles. The Labute approximate surface area is 110 Å². The minimum absolute atomic E-state index is 0.777. The molecule has 0 aromatic rings. The highest BCUT2D eigenvalue weighted by molar-refractivity contribution is 5.73. The Morgan fingerprint density at radius 1 is 0.947 bits per heavy atom. The van der Waals surface area contributed by atoms with Gasteiger partial charge in [-0.15, -0.1) is 0 Å². The maximum atomic E-state index is 10.6. The summed E-state index contributed by atoms with van der Waals surface area (Å²) in [5, 5.41) is 14.4. The highest BCUT2D eigenvalue weighted by Gasteiger charge is 2.38. The Balaban J connectivity index is 0.000000224. The first-order valence-electron chi connectivity index (χ1n) is 6.68. The van der Waals surface area contributed by atoms with E-state index >= 15 is 0 Å². The number of alkyl halides is 3. The van der Waals surface area contributed by atoms with Gasteiger partial charge in [0.15, 0.2) is 0 Å². The summed E-state index contributed by atoms with van der Waals surface area (Å²) in [6.45, 7) is 2.48. The van der Waals surface area contributed by atoms with Gasteiger partial charge in [-0.3, -0.25) is 0 Å². The van der Waals surface area contributed by atoms with E-state index in [1.54, 1.807) is 0 Å². The van der Waals surface area contributed by atoms with Gasteiger partial charge in [0.2, 0.25) is 0 Å². The summed E-state index contributed by atoms with van der Waals surface area (Å²) in [5.41, 5.74) is 0. The number of hydrogen-bond acceptors (Lipinski definition) is 3. The molecule has 4 nitrogen and oxygen atoms in total. The van der Waals surface area contributed by atoms with Gasteiger partial charge in [-0.1, -0.05) is 12.8 Å². The van der Waals surface area contributed by atoms with Gasteiger partial charge in [-0.05, 0) is 38.8 Å².